The number of amides is 1. The van der Waals surface area contributed by atoms with Crippen LogP contribution in [0.4, 0.5) is 0 Å². The number of rotatable bonds is 3. The van der Waals surface area contributed by atoms with Gasteiger partial charge in [0.25, 0.3) is 5.91 Å². The minimum absolute atomic E-state index is 0. The number of benzene rings is 1. The fraction of sp³-hybridized carbons (Fsp3) is 0.474. The highest BCUT2D eigenvalue weighted by molar-refractivity contribution is 6.07. The summed E-state index contributed by atoms with van der Waals surface area (Å²) in [6.45, 7) is 6.00. The van der Waals surface area contributed by atoms with E-state index in [1.54, 1.807) is 0 Å². The largest absolute Gasteiger partial charge is 0.348 e. The standard InChI is InChI=1S/C19H23N3O.2ClH/c1-11-7-12(2)18-15(8-11)16(9-17(22-18)13-3-4-13)19(23)21-14-5-6-20-10-14;;/h7-9,13-14,20H,3-6,10H2,1-2H3,(H,21,23);2*1H. The summed E-state index contributed by atoms with van der Waals surface area (Å²) >= 11 is 0. The molecule has 2 aromatic rings. The zero-order chi connectivity index (χ0) is 16.0. The van der Waals surface area contributed by atoms with Gasteiger partial charge < -0.3 is 10.6 Å². The molecule has 1 aromatic carbocycles. The van der Waals surface area contributed by atoms with Crippen molar-refractivity contribution in [3.63, 3.8) is 0 Å². The van der Waals surface area contributed by atoms with E-state index in [0.29, 0.717) is 5.92 Å². The number of hydrogen-bond donors (Lipinski definition) is 2. The van der Waals surface area contributed by atoms with Crippen LogP contribution >= 0.6 is 24.8 Å². The third-order valence-corrected chi connectivity index (χ3v) is 4.90. The van der Waals surface area contributed by atoms with Crippen molar-refractivity contribution in [1.29, 1.82) is 0 Å². The van der Waals surface area contributed by atoms with Gasteiger partial charge in [0.15, 0.2) is 0 Å². The number of fused-ring (bicyclic) bond motifs is 1. The third kappa shape index (κ3) is 4.08. The van der Waals surface area contributed by atoms with Crippen LogP contribution < -0.4 is 10.6 Å². The Morgan fingerprint density at radius 1 is 1.16 bits per heavy atom. The molecule has 0 radical (unpaired) electrons. The fourth-order valence-electron chi connectivity index (χ4n) is 3.52. The second-order valence-corrected chi connectivity index (χ2v) is 7.01. The number of hydrogen-bond acceptors (Lipinski definition) is 3. The summed E-state index contributed by atoms with van der Waals surface area (Å²) in [5.74, 6) is 0.581. The molecule has 1 atom stereocenters. The van der Waals surface area contributed by atoms with Gasteiger partial charge in [-0.2, -0.15) is 0 Å². The SMILES string of the molecule is Cc1cc(C)c2nc(C3CC3)cc(C(=O)NC3CCNC3)c2c1.Cl.Cl. The number of halogens is 2. The number of aromatic nitrogens is 1. The molecular weight excluding hydrogens is 357 g/mol. The van der Waals surface area contributed by atoms with E-state index in [0.717, 1.165) is 47.2 Å². The predicted octanol–water partition coefficient (Wildman–Crippen LogP) is 3.66. The van der Waals surface area contributed by atoms with Crippen molar-refractivity contribution in [2.75, 3.05) is 13.1 Å². The zero-order valence-corrected chi connectivity index (χ0v) is 16.2. The Morgan fingerprint density at radius 3 is 2.56 bits per heavy atom. The number of nitrogens with zero attached hydrogens (tertiary/aromatic N) is 1. The molecular formula is C19H25Cl2N3O. The van der Waals surface area contributed by atoms with E-state index in [9.17, 15) is 4.79 Å². The minimum Gasteiger partial charge on any atom is -0.348 e. The van der Waals surface area contributed by atoms with Gasteiger partial charge in [0.05, 0.1) is 11.1 Å². The van der Waals surface area contributed by atoms with Crippen molar-refractivity contribution < 1.29 is 4.79 Å². The molecule has 4 rings (SSSR count). The number of carbonyl (C=O) groups is 1. The molecule has 1 saturated heterocycles. The van der Waals surface area contributed by atoms with E-state index in [4.69, 9.17) is 4.98 Å². The van der Waals surface area contributed by atoms with Gasteiger partial charge in [0.2, 0.25) is 0 Å². The second kappa shape index (κ2) is 7.90. The molecule has 136 valence electrons. The van der Waals surface area contributed by atoms with Crippen LogP contribution in [-0.2, 0) is 0 Å². The van der Waals surface area contributed by atoms with Gasteiger partial charge in [-0.05, 0) is 57.4 Å². The van der Waals surface area contributed by atoms with Crippen LogP contribution in [0.5, 0.6) is 0 Å². The minimum atomic E-state index is 0. The van der Waals surface area contributed by atoms with Gasteiger partial charge in [0, 0.05) is 29.6 Å². The lowest BCUT2D eigenvalue weighted by Gasteiger charge is -2.15. The summed E-state index contributed by atoms with van der Waals surface area (Å²) in [5, 5.41) is 7.46. The van der Waals surface area contributed by atoms with Crippen molar-refractivity contribution in [3.05, 3.63) is 40.6 Å². The number of carbonyl (C=O) groups excluding carboxylic acids is 1. The molecule has 0 bridgehead atoms. The fourth-order valence-corrected chi connectivity index (χ4v) is 3.52. The Kier molecular flexibility index (Phi) is 6.30. The van der Waals surface area contributed by atoms with E-state index in [-0.39, 0.29) is 36.8 Å². The van der Waals surface area contributed by atoms with Crippen LogP contribution in [0.1, 0.15) is 52.4 Å². The van der Waals surface area contributed by atoms with Crippen LogP contribution in [-0.4, -0.2) is 30.0 Å². The quantitative estimate of drug-likeness (QED) is 0.852. The Hall–Kier alpha value is -1.36. The average molecular weight is 382 g/mol. The first kappa shape index (κ1) is 20.0. The summed E-state index contributed by atoms with van der Waals surface area (Å²) in [5.41, 5.74) is 5.18. The third-order valence-electron chi connectivity index (χ3n) is 4.90. The molecule has 1 aliphatic heterocycles. The number of aryl methyl sites for hydroxylation is 2. The Morgan fingerprint density at radius 2 is 1.92 bits per heavy atom. The molecule has 1 saturated carbocycles. The van der Waals surface area contributed by atoms with Crippen molar-refractivity contribution in [2.24, 2.45) is 0 Å². The molecule has 0 spiro atoms. The second-order valence-electron chi connectivity index (χ2n) is 7.01. The van der Waals surface area contributed by atoms with Crippen LogP contribution in [0, 0.1) is 13.8 Å². The average Bonchev–Trinajstić information content (AvgIpc) is 3.24. The normalized spacial score (nSPS) is 19.2. The van der Waals surface area contributed by atoms with Crippen LogP contribution in [0.25, 0.3) is 10.9 Å². The maximum atomic E-state index is 12.9. The predicted molar refractivity (Wildman–Crippen MR) is 106 cm³/mol. The van der Waals surface area contributed by atoms with Crippen molar-refractivity contribution >= 4 is 41.6 Å². The van der Waals surface area contributed by atoms with Crippen molar-refractivity contribution in [1.82, 2.24) is 15.6 Å². The smallest absolute Gasteiger partial charge is 0.252 e. The summed E-state index contributed by atoms with van der Waals surface area (Å²) in [6, 6.07) is 6.50. The molecule has 2 aliphatic rings. The molecule has 25 heavy (non-hydrogen) atoms. The molecule has 2 heterocycles. The van der Waals surface area contributed by atoms with Gasteiger partial charge in [-0.3, -0.25) is 9.78 Å². The summed E-state index contributed by atoms with van der Waals surface area (Å²) in [7, 11) is 0. The maximum Gasteiger partial charge on any atom is 0.252 e. The molecule has 1 amide bonds. The maximum absolute atomic E-state index is 12.9. The van der Waals surface area contributed by atoms with Gasteiger partial charge >= 0.3 is 0 Å². The van der Waals surface area contributed by atoms with Gasteiger partial charge in [-0.1, -0.05) is 11.6 Å². The van der Waals surface area contributed by atoms with Gasteiger partial charge in [-0.15, -0.1) is 24.8 Å². The highest BCUT2D eigenvalue weighted by Crippen LogP contribution is 2.40. The first-order valence-corrected chi connectivity index (χ1v) is 8.55. The summed E-state index contributed by atoms with van der Waals surface area (Å²) in [4.78, 5) is 17.7. The lowest BCUT2D eigenvalue weighted by Crippen LogP contribution is -2.36. The van der Waals surface area contributed by atoms with Gasteiger partial charge in [0.1, 0.15) is 0 Å². The van der Waals surface area contributed by atoms with E-state index in [2.05, 4.69) is 36.6 Å². The lowest BCUT2D eigenvalue weighted by molar-refractivity contribution is 0.0941. The monoisotopic (exact) mass is 381 g/mol. The highest BCUT2D eigenvalue weighted by Gasteiger charge is 2.28. The molecule has 4 nitrogen and oxygen atoms in total. The molecule has 6 heteroatoms. The van der Waals surface area contributed by atoms with Crippen LogP contribution in [0.3, 0.4) is 0 Å². The van der Waals surface area contributed by atoms with E-state index < -0.39 is 0 Å². The molecule has 2 N–H and O–H groups in total. The Balaban J connectivity index is 0.00000113. The Bertz CT molecular complexity index is 784. The first-order valence-electron chi connectivity index (χ1n) is 8.55. The number of nitrogens with one attached hydrogen (secondary N) is 2. The Labute approximate surface area is 161 Å². The highest BCUT2D eigenvalue weighted by atomic mass is 35.5. The molecule has 1 unspecified atom stereocenters. The molecule has 1 aromatic heterocycles. The summed E-state index contributed by atoms with van der Waals surface area (Å²) in [6.07, 6.45) is 3.39. The topological polar surface area (TPSA) is 54.0 Å². The van der Waals surface area contributed by atoms with Crippen LogP contribution in [0.15, 0.2) is 18.2 Å². The lowest BCUT2D eigenvalue weighted by atomic mass is 10.00. The summed E-state index contributed by atoms with van der Waals surface area (Å²) < 4.78 is 0. The van der Waals surface area contributed by atoms with E-state index >= 15 is 0 Å². The first-order chi connectivity index (χ1) is 11.1. The van der Waals surface area contributed by atoms with Crippen molar-refractivity contribution in [2.45, 2.75) is 45.1 Å². The van der Waals surface area contributed by atoms with Crippen LogP contribution in [0.2, 0.25) is 0 Å². The molecule has 1 aliphatic carbocycles. The molecule has 2 fully saturated rings. The van der Waals surface area contributed by atoms with Crippen molar-refractivity contribution in [3.8, 4) is 0 Å². The zero-order valence-electron chi connectivity index (χ0n) is 14.6. The van der Waals surface area contributed by atoms with Gasteiger partial charge in [-0.25, -0.2) is 0 Å². The number of pyridine rings is 1. The van der Waals surface area contributed by atoms with E-state index in [1.165, 1.54) is 18.4 Å². The van der Waals surface area contributed by atoms with E-state index in [1.807, 2.05) is 6.07 Å².